The molecule has 0 aromatic carbocycles. The number of ether oxygens (including phenoxy) is 3. The summed E-state index contributed by atoms with van der Waals surface area (Å²) in [6.07, 6.45) is 1.23. The lowest BCUT2D eigenvalue weighted by atomic mass is 9.90. The van der Waals surface area contributed by atoms with Gasteiger partial charge in [0.25, 0.3) is 0 Å². The van der Waals surface area contributed by atoms with Crippen LogP contribution in [0.25, 0.3) is 0 Å². The molecule has 2 aliphatic rings. The SMILES string of the molecule is CCCCCCCCCS[C@@H]1OC(CO)[C@@H](COC[C@H]2OC(CO)CC(O)(O)C2O)[C@@H](O)C1O. The Balaban J connectivity index is 1.77. The summed E-state index contributed by atoms with van der Waals surface area (Å²) >= 11 is 1.43. The molecule has 0 aromatic heterocycles. The summed E-state index contributed by atoms with van der Waals surface area (Å²) in [5.41, 5.74) is -0.651. The van der Waals surface area contributed by atoms with Gasteiger partial charge in [0.15, 0.2) is 5.79 Å². The highest BCUT2D eigenvalue weighted by Gasteiger charge is 2.48. The number of hydrogen-bond acceptors (Lipinski definition) is 11. The monoisotopic (exact) mass is 512 g/mol. The Hall–Kier alpha value is -0.0500. The van der Waals surface area contributed by atoms with E-state index in [1.54, 1.807) is 0 Å². The molecule has 0 radical (unpaired) electrons. The lowest BCUT2D eigenvalue weighted by Gasteiger charge is -2.43. The second-order valence-electron chi connectivity index (χ2n) is 9.41. The molecule has 7 N–H and O–H groups in total. The van der Waals surface area contributed by atoms with E-state index in [1.165, 1.54) is 43.9 Å². The minimum Gasteiger partial charge on any atom is -0.394 e. The van der Waals surface area contributed by atoms with E-state index in [9.17, 15) is 35.7 Å². The molecule has 2 rings (SSSR count). The molecule has 0 amide bonds. The van der Waals surface area contributed by atoms with Gasteiger partial charge in [0, 0.05) is 12.3 Å². The Morgan fingerprint density at radius 1 is 0.853 bits per heavy atom. The summed E-state index contributed by atoms with van der Waals surface area (Å²) in [6, 6.07) is 0. The van der Waals surface area contributed by atoms with Crippen molar-refractivity contribution in [2.75, 3.05) is 32.2 Å². The zero-order valence-electron chi connectivity index (χ0n) is 20.1. The molecule has 11 heteroatoms. The van der Waals surface area contributed by atoms with Crippen LogP contribution in [0, 0.1) is 5.92 Å². The van der Waals surface area contributed by atoms with Crippen LogP contribution in [0.2, 0.25) is 0 Å². The molecule has 2 saturated heterocycles. The largest absolute Gasteiger partial charge is 0.394 e. The van der Waals surface area contributed by atoms with Gasteiger partial charge in [0.05, 0.1) is 44.7 Å². The molecule has 0 bridgehead atoms. The van der Waals surface area contributed by atoms with Crippen LogP contribution in [0.15, 0.2) is 0 Å². The maximum atomic E-state index is 10.7. The van der Waals surface area contributed by atoms with Gasteiger partial charge in [-0.3, -0.25) is 0 Å². The summed E-state index contributed by atoms with van der Waals surface area (Å²) < 4.78 is 16.8. The van der Waals surface area contributed by atoms with Crippen LogP contribution in [0.3, 0.4) is 0 Å². The minimum atomic E-state index is -2.42. The first-order valence-corrected chi connectivity index (χ1v) is 13.5. The average Bonchev–Trinajstić information content (AvgIpc) is 2.81. The van der Waals surface area contributed by atoms with E-state index in [4.69, 9.17) is 14.2 Å². The van der Waals surface area contributed by atoms with Crippen molar-refractivity contribution in [2.45, 2.75) is 106 Å². The van der Waals surface area contributed by atoms with Gasteiger partial charge in [0.1, 0.15) is 23.7 Å². The molecule has 0 aromatic rings. The standard InChI is InChI=1S/C23H44O10S/c1-2-3-4-5-6-7-8-9-34-22-20(27)19(26)16(17(12-25)33-22)13-31-14-18-21(28)23(29,30)10-15(11-24)32-18/h15-22,24-30H,2-14H2,1H3/t15?,16-,17?,18-,19-,20?,21?,22+/m1/s1. The van der Waals surface area contributed by atoms with Gasteiger partial charge in [-0.1, -0.05) is 45.4 Å². The van der Waals surface area contributed by atoms with Crippen LogP contribution in [0.4, 0.5) is 0 Å². The molecule has 2 heterocycles. The molecule has 34 heavy (non-hydrogen) atoms. The Kier molecular flexibility index (Phi) is 13.5. The molecular weight excluding hydrogens is 468 g/mol. The smallest absolute Gasteiger partial charge is 0.194 e. The van der Waals surface area contributed by atoms with Gasteiger partial charge in [0.2, 0.25) is 0 Å². The van der Waals surface area contributed by atoms with Gasteiger partial charge in [-0.15, -0.1) is 11.8 Å². The third-order valence-electron chi connectivity index (χ3n) is 6.58. The molecule has 202 valence electrons. The van der Waals surface area contributed by atoms with Crippen molar-refractivity contribution < 1.29 is 50.0 Å². The molecule has 0 aliphatic carbocycles. The maximum Gasteiger partial charge on any atom is 0.194 e. The molecule has 0 spiro atoms. The van der Waals surface area contributed by atoms with E-state index >= 15 is 0 Å². The zero-order valence-corrected chi connectivity index (χ0v) is 20.9. The van der Waals surface area contributed by atoms with Gasteiger partial charge in [-0.05, 0) is 12.2 Å². The highest BCUT2D eigenvalue weighted by atomic mass is 32.2. The highest BCUT2D eigenvalue weighted by molar-refractivity contribution is 7.99. The van der Waals surface area contributed by atoms with Gasteiger partial charge in [-0.25, -0.2) is 0 Å². The third-order valence-corrected chi connectivity index (χ3v) is 7.82. The van der Waals surface area contributed by atoms with Gasteiger partial charge in [-0.2, -0.15) is 0 Å². The van der Waals surface area contributed by atoms with E-state index in [-0.39, 0.29) is 26.2 Å². The normalized spacial score (nSPS) is 36.0. The van der Waals surface area contributed by atoms with Crippen molar-refractivity contribution >= 4 is 11.8 Å². The molecular formula is C23H44O10S. The highest BCUT2D eigenvalue weighted by Crippen LogP contribution is 2.33. The van der Waals surface area contributed by atoms with Gasteiger partial charge < -0.3 is 50.0 Å². The first kappa shape index (κ1) is 30.2. The number of thioether (sulfide) groups is 1. The van der Waals surface area contributed by atoms with Crippen LogP contribution in [-0.4, -0.2) is 116 Å². The summed E-state index contributed by atoms with van der Waals surface area (Å²) in [7, 11) is 0. The number of unbranched alkanes of at least 4 members (excludes halogenated alkanes) is 6. The summed E-state index contributed by atoms with van der Waals surface area (Å²) in [5, 5.41) is 70.2. The Bertz CT molecular complexity index is 552. The van der Waals surface area contributed by atoms with Crippen molar-refractivity contribution in [3.8, 4) is 0 Å². The predicted octanol–water partition coefficient (Wildman–Crippen LogP) is -0.266. The van der Waals surface area contributed by atoms with Crippen molar-refractivity contribution in [3.63, 3.8) is 0 Å². The van der Waals surface area contributed by atoms with E-state index in [0.29, 0.717) is 0 Å². The molecule has 0 saturated carbocycles. The summed E-state index contributed by atoms with van der Waals surface area (Å²) in [5.74, 6) is -2.36. The van der Waals surface area contributed by atoms with Crippen molar-refractivity contribution in [1.29, 1.82) is 0 Å². The molecule has 8 atom stereocenters. The zero-order chi connectivity index (χ0) is 25.1. The van der Waals surface area contributed by atoms with E-state index < -0.39 is 60.4 Å². The first-order chi connectivity index (χ1) is 16.2. The number of aliphatic hydroxyl groups is 7. The lowest BCUT2D eigenvalue weighted by molar-refractivity contribution is -0.311. The second-order valence-corrected chi connectivity index (χ2v) is 10.6. The lowest BCUT2D eigenvalue weighted by Crippen LogP contribution is -2.59. The third kappa shape index (κ3) is 8.81. The van der Waals surface area contributed by atoms with Crippen LogP contribution < -0.4 is 0 Å². The Labute approximate surface area is 206 Å². The topological polar surface area (TPSA) is 169 Å². The maximum absolute atomic E-state index is 10.7. The van der Waals surface area contributed by atoms with E-state index in [1.807, 2.05) is 0 Å². The summed E-state index contributed by atoms with van der Waals surface area (Å²) in [4.78, 5) is 0. The fourth-order valence-corrected chi connectivity index (χ4v) is 5.63. The number of rotatable bonds is 15. The molecule has 10 nitrogen and oxygen atoms in total. The summed E-state index contributed by atoms with van der Waals surface area (Å²) in [6.45, 7) is 1.03. The van der Waals surface area contributed by atoms with Crippen LogP contribution in [-0.2, 0) is 14.2 Å². The minimum absolute atomic E-state index is 0.112. The van der Waals surface area contributed by atoms with Crippen molar-refractivity contribution in [3.05, 3.63) is 0 Å². The van der Waals surface area contributed by atoms with Gasteiger partial charge >= 0.3 is 0 Å². The average molecular weight is 513 g/mol. The van der Waals surface area contributed by atoms with Crippen LogP contribution in [0.5, 0.6) is 0 Å². The van der Waals surface area contributed by atoms with Crippen molar-refractivity contribution in [2.24, 2.45) is 5.92 Å². The Morgan fingerprint density at radius 3 is 2.18 bits per heavy atom. The fraction of sp³-hybridized carbons (Fsp3) is 1.00. The fourth-order valence-electron chi connectivity index (χ4n) is 4.45. The van der Waals surface area contributed by atoms with E-state index in [0.717, 1.165) is 18.6 Å². The quantitative estimate of drug-likeness (QED) is 0.114. The molecule has 2 fully saturated rings. The first-order valence-electron chi connectivity index (χ1n) is 12.5. The molecule has 4 unspecified atom stereocenters. The van der Waals surface area contributed by atoms with Crippen LogP contribution in [0.1, 0.15) is 58.3 Å². The van der Waals surface area contributed by atoms with Crippen molar-refractivity contribution in [1.82, 2.24) is 0 Å². The Morgan fingerprint density at radius 2 is 1.53 bits per heavy atom. The second kappa shape index (κ2) is 15.3. The predicted molar refractivity (Wildman–Crippen MR) is 126 cm³/mol. The number of hydrogen-bond donors (Lipinski definition) is 7. The van der Waals surface area contributed by atoms with E-state index in [2.05, 4.69) is 6.92 Å². The number of aliphatic hydroxyl groups excluding tert-OH is 5. The molecule has 2 aliphatic heterocycles. The van der Waals surface area contributed by atoms with Crippen LogP contribution >= 0.6 is 11.8 Å².